The molecule has 144 valence electrons. The molecular formula is C20H27N5OS. The summed E-state index contributed by atoms with van der Waals surface area (Å²) in [5.74, 6) is 2.26. The number of piperidine rings is 1. The van der Waals surface area contributed by atoms with E-state index >= 15 is 0 Å². The molecule has 1 aromatic carbocycles. The second kappa shape index (κ2) is 8.91. The van der Waals surface area contributed by atoms with Gasteiger partial charge in [0.15, 0.2) is 5.69 Å². The highest BCUT2D eigenvalue weighted by molar-refractivity contribution is 7.99. The van der Waals surface area contributed by atoms with Crippen molar-refractivity contribution in [3.8, 4) is 0 Å². The molecule has 1 atom stereocenters. The molecule has 2 fully saturated rings. The van der Waals surface area contributed by atoms with Crippen LogP contribution in [-0.4, -0.2) is 58.3 Å². The number of nitrogens with one attached hydrogen (secondary N) is 2. The molecule has 27 heavy (non-hydrogen) atoms. The van der Waals surface area contributed by atoms with E-state index < -0.39 is 0 Å². The molecule has 1 amide bonds. The number of hydrogen-bond donors (Lipinski definition) is 2. The van der Waals surface area contributed by atoms with Crippen LogP contribution in [0.15, 0.2) is 36.5 Å². The van der Waals surface area contributed by atoms with Gasteiger partial charge in [-0.3, -0.25) is 14.4 Å². The summed E-state index contributed by atoms with van der Waals surface area (Å²) in [7, 11) is 0. The number of nitrogens with zero attached hydrogens (tertiary/aromatic N) is 3. The number of amides is 1. The molecule has 1 unspecified atom stereocenters. The zero-order valence-electron chi connectivity index (χ0n) is 15.6. The first-order valence-electron chi connectivity index (χ1n) is 9.74. The van der Waals surface area contributed by atoms with E-state index in [0.717, 1.165) is 51.3 Å². The molecule has 0 bridgehead atoms. The number of thioether (sulfide) groups is 1. The SMILES string of the molecule is O=C(Nc1cccc(CN2CCSCC2)c1)c1ccn(C2CCCNC2)n1. The lowest BCUT2D eigenvalue weighted by Gasteiger charge is -2.26. The number of carbonyl (C=O) groups excluding carboxylic acids is 1. The zero-order valence-corrected chi connectivity index (χ0v) is 16.4. The molecule has 6 nitrogen and oxygen atoms in total. The van der Waals surface area contributed by atoms with Gasteiger partial charge in [-0.15, -0.1) is 0 Å². The first-order valence-corrected chi connectivity index (χ1v) is 10.9. The summed E-state index contributed by atoms with van der Waals surface area (Å²) in [5, 5.41) is 10.9. The Morgan fingerprint density at radius 2 is 2.19 bits per heavy atom. The van der Waals surface area contributed by atoms with E-state index in [0.29, 0.717) is 11.7 Å². The van der Waals surface area contributed by atoms with Crippen LogP contribution in [0.1, 0.15) is 34.9 Å². The highest BCUT2D eigenvalue weighted by atomic mass is 32.2. The predicted molar refractivity (Wildman–Crippen MR) is 110 cm³/mol. The minimum atomic E-state index is -0.149. The van der Waals surface area contributed by atoms with Crippen LogP contribution in [0.5, 0.6) is 0 Å². The third-order valence-corrected chi connectivity index (χ3v) is 6.12. The van der Waals surface area contributed by atoms with Crippen LogP contribution >= 0.6 is 11.8 Å². The topological polar surface area (TPSA) is 62.2 Å². The summed E-state index contributed by atoms with van der Waals surface area (Å²) in [6.07, 6.45) is 4.17. The maximum Gasteiger partial charge on any atom is 0.276 e. The fraction of sp³-hybridized carbons (Fsp3) is 0.500. The molecular weight excluding hydrogens is 358 g/mol. The molecule has 2 N–H and O–H groups in total. The van der Waals surface area contributed by atoms with Gasteiger partial charge in [0, 0.05) is 49.6 Å². The number of hydrogen-bond acceptors (Lipinski definition) is 5. The zero-order chi connectivity index (χ0) is 18.5. The van der Waals surface area contributed by atoms with Crippen LogP contribution in [0.25, 0.3) is 0 Å². The van der Waals surface area contributed by atoms with Gasteiger partial charge in [0.1, 0.15) is 0 Å². The Hall–Kier alpha value is -1.83. The molecule has 3 heterocycles. The minimum Gasteiger partial charge on any atom is -0.321 e. The highest BCUT2D eigenvalue weighted by Gasteiger charge is 2.18. The molecule has 4 rings (SSSR count). The van der Waals surface area contributed by atoms with Gasteiger partial charge in [-0.2, -0.15) is 16.9 Å². The molecule has 2 saturated heterocycles. The van der Waals surface area contributed by atoms with E-state index in [2.05, 4.69) is 32.8 Å². The summed E-state index contributed by atoms with van der Waals surface area (Å²) in [5.41, 5.74) is 2.54. The number of benzene rings is 1. The van der Waals surface area contributed by atoms with Crippen LogP contribution in [0.2, 0.25) is 0 Å². The lowest BCUT2D eigenvalue weighted by molar-refractivity contribution is 0.102. The van der Waals surface area contributed by atoms with Gasteiger partial charge in [-0.25, -0.2) is 0 Å². The summed E-state index contributed by atoms with van der Waals surface area (Å²) < 4.78 is 1.92. The molecule has 0 radical (unpaired) electrons. The summed E-state index contributed by atoms with van der Waals surface area (Å²) in [6.45, 7) is 5.19. The van der Waals surface area contributed by atoms with Crippen molar-refractivity contribution in [1.82, 2.24) is 20.0 Å². The Morgan fingerprint density at radius 1 is 1.30 bits per heavy atom. The Balaban J connectivity index is 1.37. The van der Waals surface area contributed by atoms with Crippen molar-refractivity contribution in [2.75, 3.05) is 43.0 Å². The van der Waals surface area contributed by atoms with Gasteiger partial charge in [0.25, 0.3) is 5.91 Å². The number of aromatic nitrogens is 2. The molecule has 2 aliphatic rings. The molecule has 1 aromatic heterocycles. The van der Waals surface area contributed by atoms with E-state index in [1.807, 2.05) is 34.8 Å². The minimum absolute atomic E-state index is 0.149. The smallest absolute Gasteiger partial charge is 0.276 e. The quantitative estimate of drug-likeness (QED) is 0.828. The van der Waals surface area contributed by atoms with Crippen molar-refractivity contribution in [3.05, 3.63) is 47.8 Å². The Bertz CT molecular complexity index is 765. The number of anilines is 1. The highest BCUT2D eigenvalue weighted by Crippen LogP contribution is 2.18. The van der Waals surface area contributed by atoms with Crippen molar-refractivity contribution in [3.63, 3.8) is 0 Å². The van der Waals surface area contributed by atoms with Crippen LogP contribution in [0.3, 0.4) is 0 Å². The Kier molecular flexibility index (Phi) is 6.11. The summed E-state index contributed by atoms with van der Waals surface area (Å²) >= 11 is 2.02. The van der Waals surface area contributed by atoms with Crippen molar-refractivity contribution >= 4 is 23.4 Å². The van der Waals surface area contributed by atoms with E-state index in [9.17, 15) is 4.79 Å². The van der Waals surface area contributed by atoms with Crippen LogP contribution in [-0.2, 0) is 6.54 Å². The molecule has 2 aromatic rings. The predicted octanol–water partition coefficient (Wildman–Crippen LogP) is 2.61. The molecule has 0 spiro atoms. The third-order valence-electron chi connectivity index (χ3n) is 5.18. The average Bonchev–Trinajstić information content (AvgIpc) is 3.20. The van der Waals surface area contributed by atoms with E-state index in [-0.39, 0.29) is 5.91 Å². The maximum absolute atomic E-state index is 12.6. The van der Waals surface area contributed by atoms with Crippen molar-refractivity contribution < 1.29 is 4.79 Å². The molecule has 2 aliphatic heterocycles. The lowest BCUT2D eigenvalue weighted by atomic mass is 10.1. The van der Waals surface area contributed by atoms with Crippen LogP contribution in [0.4, 0.5) is 5.69 Å². The molecule has 7 heteroatoms. The summed E-state index contributed by atoms with van der Waals surface area (Å²) in [4.78, 5) is 15.1. The van der Waals surface area contributed by atoms with Gasteiger partial charge >= 0.3 is 0 Å². The van der Waals surface area contributed by atoms with Crippen molar-refractivity contribution in [2.45, 2.75) is 25.4 Å². The van der Waals surface area contributed by atoms with E-state index in [4.69, 9.17) is 0 Å². The third kappa shape index (κ3) is 4.91. The lowest BCUT2D eigenvalue weighted by Crippen LogP contribution is -2.32. The fourth-order valence-electron chi connectivity index (χ4n) is 3.68. The monoisotopic (exact) mass is 385 g/mol. The fourth-order valence-corrected chi connectivity index (χ4v) is 4.66. The van der Waals surface area contributed by atoms with Gasteiger partial charge in [-0.1, -0.05) is 12.1 Å². The normalized spacial score (nSPS) is 21.1. The maximum atomic E-state index is 12.6. The summed E-state index contributed by atoms with van der Waals surface area (Å²) in [6, 6.07) is 10.3. The van der Waals surface area contributed by atoms with E-state index in [1.165, 1.54) is 17.1 Å². The largest absolute Gasteiger partial charge is 0.321 e. The number of carbonyl (C=O) groups is 1. The Morgan fingerprint density at radius 3 is 3.00 bits per heavy atom. The first-order chi connectivity index (χ1) is 13.3. The average molecular weight is 386 g/mol. The molecule has 0 aliphatic carbocycles. The number of rotatable bonds is 5. The van der Waals surface area contributed by atoms with Crippen LogP contribution < -0.4 is 10.6 Å². The van der Waals surface area contributed by atoms with Gasteiger partial charge in [0.05, 0.1) is 6.04 Å². The van der Waals surface area contributed by atoms with Gasteiger partial charge < -0.3 is 10.6 Å². The molecule has 0 saturated carbocycles. The van der Waals surface area contributed by atoms with Gasteiger partial charge in [0.2, 0.25) is 0 Å². The van der Waals surface area contributed by atoms with Crippen molar-refractivity contribution in [1.29, 1.82) is 0 Å². The Labute approximate surface area is 164 Å². The van der Waals surface area contributed by atoms with E-state index in [1.54, 1.807) is 6.07 Å². The van der Waals surface area contributed by atoms with Crippen molar-refractivity contribution in [2.24, 2.45) is 0 Å². The second-order valence-corrected chi connectivity index (χ2v) is 8.45. The first kappa shape index (κ1) is 18.5. The second-order valence-electron chi connectivity index (χ2n) is 7.22. The standard InChI is InChI=1S/C20H27N5OS/c26-20(19-6-8-25(23-19)18-5-2-7-21-14-18)22-17-4-1-3-16(13-17)15-24-9-11-27-12-10-24/h1,3-4,6,8,13,18,21H,2,5,7,9-12,14-15H2,(H,22,26). The van der Waals surface area contributed by atoms with Crippen LogP contribution in [0, 0.1) is 0 Å². The van der Waals surface area contributed by atoms with Gasteiger partial charge in [-0.05, 0) is 43.1 Å².